The monoisotopic (exact) mass is 160 g/mol. The van der Waals surface area contributed by atoms with Crippen molar-refractivity contribution in [1.29, 1.82) is 0 Å². The standard InChI is InChI=1S/C6H12N2O3/c1-11-8-4-2-7(3-5-8)6(9)10/h2-5H2,1H3,(H,9,10). The van der Waals surface area contributed by atoms with Crippen LogP contribution in [0, 0.1) is 0 Å². The lowest BCUT2D eigenvalue weighted by Gasteiger charge is -2.31. The number of nitrogens with zero attached hydrogens (tertiary/aromatic N) is 2. The Labute approximate surface area is 65.1 Å². The van der Waals surface area contributed by atoms with E-state index in [2.05, 4.69) is 0 Å². The Hall–Kier alpha value is -0.810. The molecule has 0 aliphatic carbocycles. The summed E-state index contributed by atoms with van der Waals surface area (Å²) in [6, 6.07) is 0. The minimum atomic E-state index is -0.847. The molecule has 0 aromatic heterocycles. The molecule has 5 nitrogen and oxygen atoms in total. The summed E-state index contributed by atoms with van der Waals surface area (Å²) in [6.45, 7) is 2.37. The average molecular weight is 160 g/mol. The van der Waals surface area contributed by atoms with Gasteiger partial charge in [0.15, 0.2) is 0 Å². The van der Waals surface area contributed by atoms with Crippen LogP contribution in [0.15, 0.2) is 0 Å². The minimum absolute atomic E-state index is 0.531. The molecule has 0 atom stereocenters. The van der Waals surface area contributed by atoms with Crippen LogP contribution in [0.3, 0.4) is 0 Å². The van der Waals surface area contributed by atoms with Crippen molar-refractivity contribution >= 4 is 6.09 Å². The summed E-state index contributed by atoms with van der Waals surface area (Å²) in [5.41, 5.74) is 0. The Bertz CT molecular complexity index is 143. The summed E-state index contributed by atoms with van der Waals surface area (Å²) in [7, 11) is 1.59. The summed E-state index contributed by atoms with van der Waals surface area (Å²) < 4.78 is 0. The molecule has 0 radical (unpaired) electrons. The molecule has 1 fully saturated rings. The fraction of sp³-hybridized carbons (Fsp3) is 0.833. The van der Waals surface area contributed by atoms with Crippen LogP contribution in [0.5, 0.6) is 0 Å². The third kappa shape index (κ3) is 2.06. The molecule has 0 saturated carbocycles. The highest BCUT2D eigenvalue weighted by molar-refractivity contribution is 5.65. The molecule has 1 rings (SSSR count). The first-order valence-corrected chi connectivity index (χ1v) is 3.51. The van der Waals surface area contributed by atoms with Crippen molar-refractivity contribution in [1.82, 2.24) is 9.96 Å². The molecule has 0 aromatic rings. The number of piperazine rings is 1. The van der Waals surface area contributed by atoms with E-state index in [-0.39, 0.29) is 0 Å². The zero-order valence-electron chi connectivity index (χ0n) is 6.49. The molecule has 1 heterocycles. The van der Waals surface area contributed by atoms with E-state index in [4.69, 9.17) is 9.94 Å². The van der Waals surface area contributed by atoms with Crippen LogP contribution in [0.25, 0.3) is 0 Å². The summed E-state index contributed by atoms with van der Waals surface area (Å²) >= 11 is 0. The fourth-order valence-corrected chi connectivity index (χ4v) is 1.06. The van der Waals surface area contributed by atoms with Gasteiger partial charge in [0.25, 0.3) is 0 Å². The van der Waals surface area contributed by atoms with E-state index < -0.39 is 6.09 Å². The Morgan fingerprint density at radius 1 is 1.36 bits per heavy atom. The highest BCUT2D eigenvalue weighted by Gasteiger charge is 2.19. The van der Waals surface area contributed by atoms with Gasteiger partial charge in [0.1, 0.15) is 0 Å². The van der Waals surface area contributed by atoms with Crippen LogP contribution in [0.2, 0.25) is 0 Å². The van der Waals surface area contributed by atoms with E-state index in [0.29, 0.717) is 26.2 Å². The van der Waals surface area contributed by atoms with Gasteiger partial charge in [-0.25, -0.2) is 4.79 Å². The second-order valence-electron chi connectivity index (χ2n) is 2.38. The maximum absolute atomic E-state index is 10.4. The molecule has 0 aromatic carbocycles. The highest BCUT2D eigenvalue weighted by atomic mass is 16.7. The minimum Gasteiger partial charge on any atom is -0.465 e. The normalized spacial score (nSPS) is 20.3. The van der Waals surface area contributed by atoms with Gasteiger partial charge in [0.05, 0.1) is 7.11 Å². The van der Waals surface area contributed by atoms with Crippen molar-refractivity contribution in [2.45, 2.75) is 0 Å². The molecule has 0 unspecified atom stereocenters. The van der Waals surface area contributed by atoms with Gasteiger partial charge in [-0.05, 0) is 0 Å². The van der Waals surface area contributed by atoms with Gasteiger partial charge >= 0.3 is 6.09 Å². The Morgan fingerprint density at radius 3 is 2.27 bits per heavy atom. The average Bonchev–Trinajstić information content (AvgIpc) is 2.05. The van der Waals surface area contributed by atoms with E-state index in [1.807, 2.05) is 0 Å². The van der Waals surface area contributed by atoms with Crippen molar-refractivity contribution < 1.29 is 14.7 Å². The third-order valence-corrected chi connectivity index (χ3v) is 1.77. The topological polar surface area (TPSA) is 53.0 Å². The molecule has 1 amide bonds. The van der Waals surface area contributed by atoms with Crippen molar-refractivity contribution in [2.75, 3.05) is 33.3 Å². The molecule has 5 heteroatoms. The Morgan fingerprint density at radius 2 is 1.91 bits per heavy atom. The first kappa shape index (κ1) is 8.29. The first-order chi connectivity index (χ1) is 5.24. The van der Waals surface area contributed by atoms with Gasteiger partial charge in [0, 0.05) is 26.2 Å². The van der Waals surface area contributed by atoms with Crippen molar-refractivity contribution in [3.05, 3.63) is 0 Å². The second kappa shape index (κ2) is 3.54. The van der Waals surface area contributed by atoms with Crippen LogP contribution >= 0.6 is 0 Å². The lowest BCUT2D eigenvalue weighted by Crippen LogP contribution is -2.47. The molecule has 64 valence electrons. The van der Waals surface area contributed by atoms with Crippen LogP contribution in [-0.4, -0.2) is 54.5 Å². The summed E-state index contributed by atoms with van der Waals surface area (Å²) in [6.07, 6.45) is -0.847. The number of amides is 1. The van der Waals surface area contributed by atoms with Gasteiger partial charge in [-0.15, -0.1) is 0 Å². The van der Waals surface area contributed by atoms with Gasteiger partial charge < -0.3 is 14.8 Å². The molecule has 1 aliphatic rings. The van der Waals surface area contributed by atoms with Crippen LogP contribution in [0.4, 0.5) is 4.79 Å². The van der Waals surface area contributed by atoms with Crippen LogP contribution < -0.4 is 0 Å². The zero-order chi connectivity index (χ0) is 8.27. The Balaban J connectivity index is 2.30. The largest absolute Gasteiger partial charge is 0.465 e. The van der Waals surface area contributed by atoms with E-state index >= 15 is 0 Å². The number of carboxylic acid groups (broad SMARTS) is 1. The maximum atomic E-state index is 10.4. The Kier molecular flexibility index (Phi) is 2.67. The van der Waals surface area contributed by atoms with Crippen LogP contribution in [0.1, 0.15) is 0 Å². The summed E-state index contributed by atoms with van der Waals surface area (Å²) in [5, 5.41) is 10.3. The quantitative estimate of drug-likeness (QED) is 0.579. The third-order valence-electron chi connectivity index (χ3n) is 1.77. The summed E-state index contributed by atoms with van der Waals surface area (Å²) in [5.74, 6) is 0. The predicted octanol–water partition coefficient (Wildman–Crippen LogP) is -0.157. The number of hydroxylamine groups is 2. The molecule has 1 N–H and O–H groups in total. The molecular weight excluding hydrogens is 148 g/mol. The molecule has 0 bridgehead atoms. The summed E-state index contributed by atoms with van der Waals surface area (Å²) in [4.78, 5) is 16.7. The van der Waals surface area contributed by atoms with Gasteiger partial charge in [-0.2, -0.15) is 5.06 Å². The predicted molar refractivity (Wildman–Crippen MR) is 38.2 cm³/mol. The van der Waals surface area contributed by atoms with E-state index in [0.717, 1.165) is 0 Å². The molecule has 1 saturated heterocycles. The van der Waals surface area contributed by atoms with Gasteiger partial charge in [0.2, 0.25) is 0 Å². The number of rotatable bonds is 1. The molecule has 11 heavy (non-hydrogen) atoms. The molecular formula is C6H12N2O3. The van der Waals surface area contributed by atoms with Crippen LogP contribution in [-0.2, 0) is 4.84 Å². The second-order valence-corrected chi connectivity index (χ2v) is 2.38. The lowest BCUT2D eigenvalue weighted by atomic mass is 10.4. The lowest BCUT2D eigenvalue weighted by molar-refractivity contribution is -0.148. The van der Waals surface area contributed by atoms with Crippen molar-refractivity contribution in [3.8, 4) is 0 Å². The maximum Gasteiger partial charge on any atom is 0.407 e. The molecule has 1 aliphatic heterocycles. The number of hydrogen-bond donors (Lipinski definition) is 1. The SMILES string of the molecule is CON1CCN(C(=O)O)CC1. The number of hydrogen-bond acceptors (Lipinski definition) is 3. The van der Waals surface area contributed by atoms with E-state index in [1.54, 1.807) is 12.2 Å². The van der Waals surface area contributed by atoms with E-state index in [1.165, 1.54) is 4.90 Å². The fourth-order valence-electron chi connectivity index (χ4n) is 1.06. The van der Waals surface area contributed by atoms with Gasteiger partial charge in [-0.3, -0.25) is 0 Å². The number of carbonyl (C=O) groups is 1. The van der Waals surface area contributed by atoms with Gasteiger partial charge in [-0.1, -0.05) is 0 Å². The van der Waals surface area contributed by atoms with E-state index in [9.17, 15) is 4.79 Å². The first-order valence-electron chi connectivity index (χ1n) is 3.51. The molecule has 0 spiro atoms. The zero-order valence-corrected chi connectivity index (χ0v) is 6.49. The van der Waals surface area contributed by atoms with Crippen molar-refractivity contribution in [2.24, 2.45) is 0 Å². The smallest absolute Gasteiger partial charge is 0.407 e. The highest BCUT2D eigenvalue weighted by Crippen LogP contribution is 2.00. The van der Waals surface area contributed by atoms with Crippen molar-refractivity contribution in [3.63, 3.8) is 0 Å².